The van der Waals surface area contributed by atoms with E-state index in [0.29, 0.717) is 0 Å². The number of hydrogen-bond acceptors (Lipinski definition) is 6. The van der Waals surface area contributed by atoms with Crippen LogP contribution in [0.3, 0.4) is 0 Å². The van der Waals surface area contributed by atoms with Crippen molar-refractivity contribution in [1.82, 2.24) is 10.2 Å². The van der Waals surface area contributed by atoms with E-state index in [-0.39, 0.29) is 37.4 Å². The Hall–Kier alpha value is -2.97. The first-order valence-corrected chi connectivity index (χ1v) is 8.42. The highest BCUT2D eigenvalue weighted by Crippen LogP contribution is 2.18. The maximum Gasteiger partial charge on any atom is 0.308 e. The van der Waals surface area contributed by atoms with Crippen LogP contribution in [-0.2, 0) is 14.3 Å². The smallest absolute Gasteiger partial charge is 0.308 e. The Balaban J connectivity index is 2.14. The molecule has 1 aliphatic heterocycles. The van der Waals surface area contributed by atoms with Crippen LogP contribution in [-0.4, -0.2) is 53.3 Å². The highest BCUT2D eigenvalue weighted by molar-refractivity contribution is 5.99. The number of hydrogen-bond donors (Lipinski definition) is 1. The van der Waals surface area contributed by atoms with Gasteiger partial charge in [0.2, 0.25) is 5.91 Å². The normalized spacial score (nSPS) is 16.7. The van der Waals surface area contributed by atoms with E-state index in [0.717, 1.165) is 18.9 Å². The first-order chi connectivity index (χ1) is 12.4. The van der Waals surface area contributed by atoms with Crippen LogP contribution < -0.4 is 5.32 Å². The Kier molecular flexibility index (Phi) is 6.65. The summed E-state index contributed by atoms with van der Waals surface area (Å²) in [6.07, 6.45) is 1.34. The van der Waals surface area contributed by atoms with Crippen LogP contribution >= 0.6 is 0 Å². The van der Waals surface area contributed by atoms with Gasteiger partial charge in [-0.1, -0.05) is 19.4 Å². The van der Waals surface area contributed by atoms with Gasteiger partial charge in [0.15, 0.2) is 0 Å². The Bertz CT molecular complexity index is 705. The number of amides is 2. The van der Waals surface area contributed by atoms with E-state index in [1.807, 2.05) is 6.92 Å². The molecule has 2 amide bonds. The molecule has 0 aliphatic carbocycles. The summed E-state index contributed by atoms with van der Waals surface area (Å²) < 4.78 is 5.07. The number of nitrogens with zero attached hydrogens (tertiary/aromatic N) is 2. The lowest BCUT2D eigenvalue weighted by Gasteiger charge is -2.34. The lowest BCUT2D eigenvalue weighted by atomic mass is 10.1. The minimum absolute atomic E-state index is 0.0956. The van der Waals surface area contributed by atoms with Gasteiger partial charge in [0.05, 0.1) is 18.0 Å². The highest BCUT2D eigenvalue weighted by atomic mass is 16.6. The fourth-order valence-corrected chi connectivity index (χ4v) is 2.63. The number of nitro benzene ring substituents is 1. The van der Waals surface area contributed by atoms with Crippen molar-refractivity contribution in [1.29, 1.82) is 0 Å². The number of nitrogens with one attached hydrogen (secondary N) is 1. The molecule has 0 bridgehead atoms. The van der Waals surface area contributed by atoms with Crippen molar-refractivity contribution in [2.24, 2.45) is 0 Å². The molecule has 0 spiro atoms. The number of carbonyl (C=O) groups excluding carboxylic acids is 3. The molecule has 1 aromatic rings. The largest absolute Gasteiger partial charge is 0.466 e. The summed E-state index contributed by atoms with van der Waals surface area (Å²) in [7, 11) is 0. The molecule has 1 fully saturated rings. The SMILES string of the molecule is CCCCOC(=O)C[C@H]1C(=O)NCCN1C(=O)c1cccc([N+](=O)[O-])c1. The average Bonchev–Trinajstić information content (AvgIpc) is 2.63. The van der Waals surface area contributed by atoms with Gasteiger partial charge in [-0.2, -0.15) is 0 Å². The fraction of sp³-hybridized carbons (Fsp3) is 0.471. The quantitative estimate of drug-likeness (QED) is 0.337. The molecular weight excluding hydrogens is 342 g/mol. The summed E-state index contributed by atoms with van der Waals surface area (Å²) in [5.41, 5.74) is -0.119. The van der Waals surface area contributed by atoms with Crippen LogP contribution in [0.25, 0.3) is 0 Å². The average molecular weight is 363 g/mol. The number of rotatable bonds is 7. The summed E-state index contributed by atoms with van der Waals surface area (Å²) in [6, 6.07) is 4.29. The third-order valence-corrected chi connectivity index (χ3v) is 4.02. The Morgan fingerprint density at radius 1 is 1.42 bits per heavy atom. The van der Waals surface area contributed by atoms with E-state index < -0.39 is 28.7 Å². The molecule has 1 heterocycles. The van der Waals surface area contributed by atoms with E-state index in [1.165, 1.54) is 23.1 Å². The van der Waals surface area contributed by atoms with Gasteiger partial charge in [-0.3, -0.25) is 24.5 Å². The molecule has 9 heteroatoms. The van der Waals surface area contributed by atoms with E-state index >= 15 is 0 Å². The molecule has 0 unspecified atom stereocenters. The van der Waals surface area contributed by atoms with Crippen LogP contribution in [0, 0.1) is 10.1 Å². The predicted molar refractivity (Wildman–Crippen MR) is 91.4 cm³/mol. The molecule has 1 aliphatic rings. The first-order valence-electron chi connectivity index (χ1n) is 8.42. The number of nitro groups is 1. The summed E-state index contributed by atoms with van der Waals surface area (Å²) in [5, 5.41) is 13.5. The molecule has 0 aromatic heterocycles. The Morgan fingerprint density at radius 2 is 2.19 bits per heavy atom. The van der Waals surface area contributed by atoms with Crippen molar-refractivity contribution in [2.45, 2.75) is 32.2 Å². The van der Waals surface area contributed by atoms with Crippen LogP contribution in [0.2, 0.25) is 0 Å². The van der Waals surface area contributed by atoms with Crippen LogP contribution in [0.1, 0.15) is 36.5 Å². The zero-order chi connectivity index (χ0) is 19.1. The van der Waals surface area contributed by atoms with Crippen molar-refractivity contribution in [3.05, 3.63) is 39.9 Å². The third-order valence-electron chi connectivity index (χ3n) is 4.02. The number of unbranched alkanes of at least 4 members (excludes halogenated alkanes) is 1. The van der Waals surface area contributed by atoms with Gasteiger partial charge in [-0.15, -0.1) is 0 Å². The van der Waals surface area contributed by atoms with Gasteiger partial charge in [-0.25, -0.2) is 0 Å². The summed E-state index contributed by atoms with van der Waals surface area (Å²) >= 11 is 0. The van der Waals surface area contributed by atoms with E-state index in [1.54, 1.807) is 0 Å². The molecule has 1 N–H and O–H groups in total. The van der Waals surface area contributed by atoms with Crippen molar-refractivity contribution in [3.63, 3.8) is 0 Å². The zero-order valence-corrected chi connectivity index (χ0v) is 14.5. The van der Waals surface area contributed by atoms with Crippen molar-refractivity contribution < 1.29 is 24.0 Å². The molecular formula is C17H21N3O6. The third kappa shape index (κ3) is 4.78. The second-order valence-corrected chi connectivity index (χ2v) is 5.89. The number of benzene rings is 1. The van der Waals surface area contributed by atoms with E-state index in [2.05, 4.69) is 5.32 Å². The maximum absolute atomic E-state index is 12.7. The zero-order valence-electron chi connectivity index (χ0n) is 14.5. The summed E-state index contributed by atoms with van der Waals surface area (Å²) in [5.74, 6) is -1.53. The molecule has 2 rings (SSSR count). The molecule has 9 nitrogen and oxygen atoms in total. The van der Waals surface area contributed by atoms with Crippen LogP contribution in [0.4, 0.5) is 5.69 Å². The van der Waals surface area contributed by atoms with Crippen LogP contribution in [0.5, 0.6) is 0 Å². The van der Waals surface area contributed by atoms with Crippen LogP contribution in [0.15, 0.2) is 24.3 Å². The second-order valence-electron chi connectivity index (χ2n) is 5.89. The molecule has 1 aromatic carbocycles. The number of esters is 1. The number of non-ortho nitro benzene ring substituents is 1. The Labute approximate surface area is 150 Å². The standard InChI is InChI=1S/C17H21N3O6/c1-2-3-9-26-15(21)11-14-16(22)18-7-8-19(14)17(23)12-5-4-6-13(10-12)20(24)25/h4-6,10,14H,2-3,7-9,11H2,1H3,(H,18,22)/t14-/m0/s1. The topological polar surface area (TPSA) is 119 Å². The van der Waals surface area contributed by atoms with Gasteiger partial charge >= 0.3 is 5.97 Å². The Morgan fingerprint density at radius 3 is 2.88 bits per heavy atom. The molecule has 140 valence electrons. The lowest BCUT2D eigenvalue weighted by molar-refractivity contribution is -0.384. The van der Waals surface area contributed by atoms with Crippen molar-refractivity contribution in [2.75, 3.05) is 19.7 Å². The van der Waals surface area contributed by atoms with Gasteiger partial charge in [0, 0.05) is 30.8 Å². The molecule has 0 radical (unpaired) electrons. The van der Waals surface area contributed by atoms with E-state index in [9.17, 15) is 24.5 Å². The highest BCUT2D eigenvalue weighted by Gasteiger charge is 2.35. The maximum atomic E-state index is 12.7. The number of carbonyl (C=O) groups is 3. The molecule has 0 saturated carbocycles. The van der Waals surface area contributed by atoms with Gasteiger partial charge in [0.1, 0.15) is 6.04 Å². The monoisotopic (exact) mass is 363 g/mol. The van der Waals surface area contributed by atoms with Gasteiger partial charge < -0.3 is 15.0 Å². The van der Waals surface area contributed by atoms with Gasteiger partial charge in [-0.05, 0) is 12.5 Å². The molecule has 26 heavy (non-hydrogen) atoms. The van der Waals surface area contributed by atoms with Crippen molar-refractivity contribution >= 4 is 23.5 Å². The predicted octanol–water partition coefficient (Wildman–Crippen LogP) is 1.27. The lowest BCUT2D eigenvalue weighted by Crippen LogP contribution is -2.57. The molecule has 1 saturated heterocycles. The fourth-order valence-electron chi connectivity index (χ4n) is 2.63. The molecule has 1 atom stereocenters. The number of piperazine rings is 1. The van der Waals surface area contributed by atoms with E-state index in [4.69, 9.17) is 4.74 Å². The summed E-state index contributed by atoms with van der Waals surface area (Å²) in [4.78, 5) is 48.4. The first kappa shape index (κ1) is 19.4. The minimum Gasteiger partial charge on any atom is -0.466 e. The second kappa shape index (κ2) is 8.93. The minimum atomic E-state index is -0.996. The summed E-state index contributed by atoms with van der Waals surface area (Å²) in [6.45, 7) is 2.69. The van der Waals surface area contributed by atoms with Crippen molar-refractivity contribution in [3.8, 4) is 0 Å². The number of ether oxygens (including phenoxy) is 1. The van der Waals surface area contributed by atoms with Gasteiger partial charge in [0.25, 0.3) is 11.6 Å².